The minimum atomic E-state index is -5.34. The van der Waals surface area contributed by atoms with Crippen molar-refractivity contribution in [3.05, 3.63) is 24.3 Å². The summed E-state index contributed by atoms with van der Waals surface area (Å²) in [4.78, 5) is -0.811. The minimum absolute atomic E-state index is 0.0974. The van der Waals surface area contributed by atoms with Crippen molar-refractivity contribution in [2.75, 3.05) is 20.8 Å². The van der Waals surface area contributed by atoms with Crippen LogP contribution in [0.5, 0.6) is 5.75 Å². The summed E-state index contributed by atoms with van der Waals surface area (Å²) in [6, 6.07) is 4.85. The lowest BCUT2D eigenvalue weighted by molar-refractivity contribution is -0.0436. The Bertz CT molecular complexity index is 627. The van der Waals surface area contributed by atoms with Gasteiger partial charge in [0.1, 0.15) is 5.75 Å². The van der Waals surface area contributed by atoms with Crippen LogP contribution < -0.4 is 4.74 Å². The Labute approximate surface area is 140 Å². The molecule has 0 saturated heterocycles. The fourth-order valence-corrected chi connectivity index (χ4v) is 4.67. The minimum Gasteiger partial charge on any atom is -0.493 e. The Hall–Kier alpha value is -1.10. The molecule has 1 rings (SSSR count). The molecule has 10 heteroatoms. The van der Waals surface area contributed by atoms with E-state index in [9.17, 15) is 21.6 Å². The maximum atomic E-state index is 12.5. The van der Waals surface area contributed by atoms with E-state index in [2.05, 4.69) is 0 Å². The zero-order chi connectivity index (χ0) is 18.6. The van der Waals surface area contributed by atoms with Gasteiger partial charge in [-0.1, -0.05) is 6.92 Å². The van der Waals surface area contributed by atoms with E-state index in [4.69, 9.17) is 13.6 Å². The topological polar surface area (TPSA) is 61.8 Å². The SMILES string of the molecule is CO[Si](C)(CC(C)COc1ccc(S(=O)(=O)C(F)(F)F)cc1)OC. The van der Waals surface area contributed by atoms with Crippen LogP contribution in [0.3, 0.4) is 0 Å². The van der Waals surface area contributed by atoms with Crippen LogP contribution in [0.2, 0.25) is 12.6 Å². The van der Waals surface area contributed by atoms with Crippen LogP contribution in [0.1, 0.15) is 6.92 Å². The van der Waals surface area contributed by atoms with Gasteiger partial charge in [-0.15, -0.1) is 0 Å². The van der Waals surface area contributed by atoms with Gasteiger partial charge in [0.25, 0.3) is 9.84 Å². The number of alkyl halides is 3. The van der Waals surface area contributed by atoms with Gasteiger partial charge in [0.2, 0.25) is 0 Å². The van der Waals surface area contributed by atoms with E-state index in [-0.39, 0.29) is 5.92 Å². The third-order valence-electron chi connectivity index (χ3n) is 3.56. The Balaban J connectivity index is 2.69. The molecule has 0 aliphatic heterocycles. The van der Waals surface area contributed by atoms with Gasteiger partial charge in [0.05, 0.1) is 11.5 Å². The molecule has 1 unspecified atom stereocenters. The largest absolute Gasteiger partial charge is 0.501 e. The van der Waals surface area contributed by atoms with Crippen LogP contribution in [0.25, 0.3) is 0 Å². The zero-order valence-electron chi connectivity index (χ0n) is 13.9. The van der Waals surface area contributed by atoms with Crippen LogP contribution in [0, 0.1) is 5.92 Å². The third-order valence-corrected chi connectivity index (χ3v) is 8.22. The number of benzene rings is 1. The van der Waals surface area contributed by atoms with E-state index >= 15 is 0 Å². The van der Waals surface area contributed by atoms with Crippen LogP contribution >= 0.6 is 0 Å². The highest BCUT2D eigenvalue weighted by molar-refractivity contribution is 7.92. The molecule has 5 nitrogen and oxygen atoms in total. The van der Waals surface area contributed by atoms with Gasteiger partial charge in [0, 0.05) is 14.2 Å². The van der Waals surface area contributed by atoms with Gasteiger partial charge in [-0.2, -0.15) is 13.2 Å². The van der Waals surface area contributed by atoms with Gasteiger partial charge < -0.3 is 13.6 Å². The molecule has 0 aliphatic rings. The lowest BCUT2D eigenvalue weighted by Crippen LogP contribution is -2.38. The molecule has 0 aliphatic carbocycles. The molecule has 0 N–H and O–H groups in total. The van der Waals surface area contributed by atoms with E-state index in [1.54, 1.807) is 14.2 Å². The molecule has 1 aromatic rings. The fraction of sp³-hybridized carbons (Fsp3) is 0.571. The van der Waals surface area contributed by atoms with Crippen molar-refractivity contribution in [3.8, 4) is 5.75 Å². The van der Waals surface area contributed by atoms with Crippen molar-refractivity contribution in [1.82, 2.24) is 0 Å². The van der Waals surface area contributed by atoms with Gasteiger partial charge in [-0.25, -0.2) is 8.42 Å². The Kier molecular flexibility index (Phi) is 6.85. The molecule has 0 amide bonds. The van der Waals surface area contributed by atoms with Gasteiger partial charge >= 0.3 is 14.1 Å². The summed E-state index contributed by atoms with van der Waals surface area (Å²) in [7, 11) is -4.40. The number of rotatable bonds is 8. The second-order valence-corrected chi connectivity index (χ2v) is 11.0. The summed E-state index contributed by atoms with van der Waals surface area (Å²) in [5.41, 5.74) is -5.32. The average Bonchev–Trinajstić information content (AvgIpc) is 2.52. The van der Waals surface area contributed by atoms with E-state index < -0.39 is 28.8 Å². The molecule has 1 atom stereocenters. The van der Waals surface area contributed by atoms with Gasteiger partial charge in [-0.05, 0) is 42.8 Å². The molecule has 0 spiro atoms. The van der Waals surface area contributed by atoms with Crippen molar-refractivity contribution >= 4 is 18.4 Å². The second kappa shape index (κ2) is 7.85. The zero-order valence-corrected chi connectivity index (χ0v) is 15.7. The molecule has 0 heterocycles. The first-order valence-corrected chi connectivity index (χ1v) is 11.1. The quantitative estimate of drug-likeness (QED) is 0.641. The highest BCUT2D eigenvalue weighted by Gasteiger charge is 2.46. The van der Waals surface area contributed by atoms with Crippen molar-refractivity contribution in [2.24, 2.45) is 5.92 Å². The van der Waals surface area contributed by atoms with Crippen molar-refractivity contribution in [2.45, 2.75) is 29.9 Å². The first-order chi connectivity index (χ1) is 10.9. The normalized spacial score (nSPS) is 14.5. The molecule has 0 aromatic heterocycles. The lowest BCUT2D eigenvalue weighted by Gasteiger charge is -2.26. The summed E-state index contributed by atoms with van der Waals surface area (Å²) < 4.78 is 76.2. The highest BCUT2D eigenvalue weighted by Crippen LogP contribution is 2.31. The monoisotopic (exact) mass is 386 g/mol. The summed E-state index contributed by atoms with van der Waals surface area (Å²) >= 11 is 0. The molecule has 138 valence electrons. The highest BCUT2D eigenvalue weighted by atomic mass is 32.2. The van der Waals surface area contributed by atoms with E-state index in [1.807, 2.05) is 13.5 Å². The molecule has 0 bridgehead atoms. The number of hydrogen-bond donors (Lipinski definition) is 0. The van der Waals surface area contributed by atoms with Gasteiger partial charge in [0.15, 0.2) is 0 Å². The predicted octanol–water partition coefficient (Wildman–Crippen LogP) is 3.36. The Morgan fingerprint density at radius 2 is 1.62 bits per heavy atom. The molecule has 24 heavy (non-hydrogen) atoms. The number of halogens is 3. The third kappa shape index (κ3) is 5.20. The number of sulfone groups is 1. The number of hydrogen-bond acceptors (Lipinski definition) is 5. The summed E-state index contributed by atoms with van der Waals surface area (Å²) in [6.07, 6.45) is 0. The summed E-state index contributed by atoms with van der Waals surface area (Å²) in [5.74, 6) is 0.390. The molecule has 0 fully saturated rings. The van der Waals surface area contributed by atoms with Crippen molar-refractivity contribution < 1.29 is 35.2 Å². The number of ether oxygens (including phenoxy) is 1. The Morgan fingerprint density at radius 3 is 2.04 bits per heavy atom. The van der Waals surface area contributed by atoms with Crippen LogP contribution in [0.4, 0.5) is 13.2 Å². The van der Waals surface area contributed by atoms with Crippen LogP contribution in [-0.4, -0.2) is 43.3 Å². The molecule has 0 radical (unpaired) electrons. The standard InChI is InChI=1S/C14H21F3O5SSi/c1-11(10-24(4,20-2)21-3)9-22-12-5-7-13(8-6-12)23(18,19)14(15,16)17/h5-8,11H,9-10H2,1-4H3. The molecule has 0 saturated carbocycles. The maximum absolute atomic E-state index is 12.5. The molecule has 1 aromatic carbocycles. The first-order valence-electron chi connectivity index (χ1n) is 7.09. The van der Waals surface area contributed by atoms with Crippen LogP contribution in [0.15, 0.2) is 29.2 Å². The average molecular weight is 386 g/mol. The van der Waals surface area contributed by atoms with Gasteiger partial charge in [-0.3, -0.25) is 0 Å². The molecular formula is C14H21F3O5SSi. The summed E-state index contributed by atoms with van der Waals surface area (Å²) in [5, 5.41) is 0. The fourth-order valence-electron chi connectivity index (χ4n) is 2.03. The van der Waals surface area contributed by atoms with Crippen LogP contribution in [-0.2, 0) is 18.7 Å². The predicted molar refractivity (Wildman–Crippen MR) is 84.8 cm³/mol. The van der Waals surface area contributed by atoms with E-state index in [1.165, 1.54) is 12.1 Å². The first kappa shape index (κ1) is 20.9. The van der Waals surface area contributed by atoms with E-state index in [0.717, 1.165) is 12.1 Å². The summed E-state index contributed by atoms with van der Waals surface area (Å²) in [6.45, 7) is 4.16. The van der Waals surface area contributed by atoms with E-state index in [0.29, 0.717) is 18.4 Å². The smallest absolute Gasteiger partial charge is 0.493 e. The maximum Gasteiger partial charge on any atom is 0.501 e. The molecular weight excluding hydrogens is 365 g/mol. The van der Waals surface area contributed by atoms with Crippen molar-refractivity contribution in [3.63, 3.8) is 0 Å². The second-order valence-electron chi connectivity index (χ2n) is 5.58. The lowest BCUT2D eigenvalue weighted by atomic mass is 10.2. The Morgan fingerprint density at radius 1 is 1.12 bits per heavy atom. The van der Waals surface area contributed by atoms with Crippen molar-refractivity contribution in [1.29, 1.82) is 0 Å².